The first-order valence-corrected chi connectivity index (χ1v) is 7.53. The Kier molecular flexibility index (Phi) is 4.80. The van der Waals surface area contributed by atoms with Crippen molar-refractivity contribution in [3.63, 3.8) is 0 Å². The molecule has 0 heterocycles. The minimum absolute atomic E-state index is 0.573. The van der Waals surface area contributed by atoms with E-state index >= 15 is 0 Å². The van der Waals surface area contributed by atoms with Crippen molar-refractivity contribution in [2.24, 2.45) is 11.8 Å². The van der Waals surface area contributed by atoms with E-state index < -0.39 is 0 Å². The second-order valence-corrected chi connectivity index (χ2v) is 6.46. The lowest BCUT2D eigenvalue weighted by molar-refractivity contribution is 0.264. The normalized spacial score (nSPS) is 24.3. The molecule has 1 aromatic rings. The molecule has 1 fully saturated rings. The van der Waals surface area contributed by atoms with E-state index in [1.165, 1.54) is 25.7 Å². The van der Waals surface area contributed by atoms with Crippen molar-refractivity contribution in [3.8, 4) is 0 Å². The Morgan fingerprint density at radius 2 is 1.94 bits per heavy atom. The highest BCUT2D eigenvalue weighted by Gasteiger charge is 2.23. The highest BCUT2D eigenvalue weighted by molar-refractivity contribution is 6.42. The molecule has 3 heteroatoms. The number of hydrogen-bond donors (Lipinski definition) is 1. The van der Waals surface area contributed by atoms with E-state index in [9.17, 15) is 0 Å². The van der Waals surface area contributed by atoms with Gasteiger partial charge in [-0.3, -0.25) is 0 Å². The van der Waals surface area contributed by atoms with E-state index in [-0.39, 0.29) is 0 Å². The van der Waals surface area contributed by atoms with E-state index in [0.29, 0.717) is 16.1 Å². The number of benzene rings is 1. The Hall–Kier alpha value is -0.400. The molecule has 1 N–H and O–H groups in total. The third-order valence-corrected chi connectivity index (χ3v) is 4.69. The molecule has 2 atom stereocenters. The Labute approximate surface area is 120 Å². The molecule has 1 saturated carbocycles. The topological polar surface area (TPSA) is 12.0 Å². The molecule has 1 aromatic carbocycles. The van der Waals surface area contributed by atoms with E-state index in [4.69, 9.17) is 23.2 Å². The summed E-state index contributed by atoms with van der Waals surface area (Å²) in [5.74, 6) is 1.63. The molecule has 18 heavy (non-hydrogen) atoms. The maximum absolute atomic E-state index is 6.04. The zero-order valence-corrected chi connectivity index (χ0v) is 12.6. The van der Waals surface area contributed by atoms with Gasteiger partial charge in [-0.25, -0.2) is 0 Å². The van der Waals surface area contributed by atoms with E-state index in [2.05, 4.69) is 19.2 Å². The second-order valence-electron chi connectivity index (χ2n) is 5.64. The molecular weight excluding hydrogens is 265 g/mol. The summed E-state index contributed by atoms with van der Waals surface area (Å²) in [6.07, 6.45) is 5.21. The fourth-order valence-electron chi connectivity index (χ4n) is 2.79. The number of hydrogen-bond acceptors (Lipinski definition) is 1. The number of halogens is 2. The first-order valence-electron chi connectivity index (χ1n) is 6.78. The van der Waals surface area contributed by atoms with Gasteiger partial charge in [0.05, 0.1) is 10.0 Å². The van der Waals surface area contributed by atoms with E-state index in [1.54, 1.807) is 0 Å². The third kappa shape index (κ3) is 3.55. The number of rotatable bonds is 3. The van der Waals surface area contributed by atoms with Crippen molar-refractivity contribution in [1.82, 2.24) is 0 Å². The molecule has 0 aromatic heterocycles. The molecule has 1 aliphatic carbocycles. The molecule has 100 valence electrons. The van der Waals surface area contributed by atoms with Crippen molar-refractivity contribution in [1.29, 1.82) is 0 Å². The van der Waals surface area contributed by atoms with Gasteiger partial charge in [0, 0.05) is 11.7 Å². The Bertz CT molecular complexity index is 403. The summed E-state index contributed by atoms with van der Waals surface area (Å²) in [5.41, 5.74) is 1.08. The summed E-state index contributed by atoms with van der Waals surface area (Å²) >= 11 is 12.0. The quantitative estimate of drug-likeness (QED) is 0.760. The number of anilines is 1. The monoisotopic (exact) mass is 285 g/mol. The fourth-order valence-corrected chi connectivity index (χ4v) is 3.08. The molecule has 0 amide bonds. The average molecular weight is 286 g/mol. The lowest BCUT2D eigenvalue weighted by atomic mass is 9.79. The lowest BCUT2D eigenvalue weighted by Gasteiger charge is -2.32. The first kappa shape index (κ1) is 14.0. The summed E-state index contributed by atoms with van der Waals surface area (Å²) in [6.45, 7) is 4.65. The minimum Gasteiger partial charge on any atom is -0.382 e. The van der Waals surface area contributed by atoms with Gasteiger partial charge in [-0.15, -0.1) is 0 Å². The predicted octanol–water partition coefficient (Wildman–Crippen LogP) is 5.62. The van der Waals surface area contributed by atoms with Crippen molar-refractivity contribution in [3.05, 3.63) is 28.2 Å². The second kappa shape index (κ2) is 6.16. The summed E-state index contributed by atoms with van der Waals surface area (Å²) in [5, 5.41) is 4.83. The van der Waals surface area contributed by atoms with E-state index in [0.717, 1.165) is 17.5 Å². The van der Waals surface area contributed by atoms with Crippen LogP contribution in [0, 0.1) is 11.8 Å². The molecule has 0 spiro atoms. The van der Waals surface area contributed by atoms with Gasteiger partial charge in [-0.05, 0) is 42.9 Å². The zero-order valence-electron chi connectivity index (χ0n) is 11.0. The maximum atomic E-state index is 6.04. The molecular formula is C15H21Cl2N. The van der Waals surface area contributed by atoms with Gasteiger partial charge in [0.15, 0.2) is 0 Å². The zero-order chi connectivity index (χ0) is 13.1. The van der Waals surface area contributed by atoms with Crippen molar-refractivity contribution < 1.29 is 0 Å². The Balaban J connectivity index is 1.98. The average Bonchev–Trinajstić information content (AvgIpc) is 2.34. The van der Waals surface area contributed by atoms with Crippen LogP contribution in [0.2, 0.25) is 10.0 Å². The molecule has 1 aliphatic rings. The van der Waals surface area contributed by atoms with Gasteiger partial charge in [0.2, 0.25) is 0 Å². The van der Waals surface area contributed by atoms with Gasteiger partial charge >= 0.3 is 0 Å². The van der Waals surface area contributed by atoms with Crippen LogP contribution in [0.3, 0.4) is 0 Å². The standard InChI is InChI=1S/C15H21Cl2N/c1-10(2)11-4-3-5-12(8-11)18-13-6-7-14(16)15(17)9-13/h6-7,9-12,18H,3-5,8H2,1-2H3. The minimum atomic E-state index is 0.573. The van der Waals surface area contributed by atoms with Gasteiger partial charge < -0.3 is 5.32 Å². The van der Waals surface area contributed by atoms with Crippen molar-refractivity contribution in [2.75, 3.05) is 5.32 Å². The molecule has 2 rings (SSSR count). The molecule has 0 saturated heterocycles. The van der Waals surface area contributed by atoms with Crippen LogP contribution in [0.4, 0.5) is 5.69 Å². The van der Waals surface area contributed by atoms with Gasteiger partial charge in [0.1, 0.15) is 0 Å². The number of nitrogens with one attached hydrogen (secondary N) is 1. The highest BCUT2D eigenvalue weighted by Crippen LogP contribution is 2.32. The first-order chi connectivity index (χ1) is 8.56. The van der Waals surface area contributed by atoms with Crippen LogP contribution in [0.5, 0.6) is 0 Å². The summed E-state index contributed by atoms with van der Waals surface area (Å²) in [7, 11) is 0. The molecule has 2 unspecified atom stereocenters. The molecule has 0 bridgehead atoms. The highest BCUT2D eigenvalue weighted by atomic mass is 35.5. The molecule has 1 nitrogen and oxygen atoms in total. The van der Waals surface area contributed by atoms with Crippen LogP contribution < -0.4 is 5.32 Å². The summed E-state index contributed by atoms with van der Waals surface area (Å²) in [4.78, 5) is 0. The Morgan fingerprint density at radius 3 is 2.61 bits per heavy atom. The van der Waals surface area contributed by atoms with E-state index in [1.807, 2.05) is 18.2 Å². The molecule has 0 aliphatic heterocycles. The predicted molar refractivity (Wildman–Crippen MR) is 80.7 cm³/mol. The van der Waals surface area contributed by atoms with Gasteiger partial charge in [-0.1, -0.05) is 49.9 Å². The smallest absolute Gasteiger partial charge is 0.0612 e. The summed E-state index contributed by atoms with van der Waals surface area (Å²) in [6, 6.07) is 6.36. The SMILES string of the molecule is CC(C)C1CCCC(Nc2ccc(Cl)c(Cl)c2)C1. The van der Waals surface area contributed by atoms with Crippen LogP contribution >= 0.6 is 23.2 Å². The van der Waals surface area contributed by atoms with Gasteiger partial charge in [-0.2, -0.15) is 0 Å². The van der Waals surface area contributed by atoms with Gasteiger partial charge in [0.25, 0.3) is 0 Å². The largest absolute Gasteiger partial charge is 0.382 e. The van der Waals surface area contributed by atoms with Crippen LogP contribution in [-0.2, 0) is 0 Å². The fraction of sp³-hybridized carbons (Fsp3) is 0.600. The van der Waals surface area contributed by atoms with Crippen molar-refractivity contribution >= 4 is 28.9 Å². The van der Waals surface area contributed by atoms with Crippen LogP contribution in [0.15, 0.2) is 18.2 Å². The van der Waals surface area contributed by atoms with Crippen LogP contribution in [0.1, 0.15) is 39.5 Å². The summed E-state index contributed by atoms with van der Waals surface area (Å²) < 4.78 is 0. The lowest BCUT2D eigenvalue weighted by Crippen LogP contribution is -2.29. The van der Waals surface area contributed by atoms with Crippen LogP contribution in [0.25, 0.3) is 0 Å². The maximum Gasteiger partial charge on any atom is 0.0612 e. The molecule has 0 radical (unpaired) electrons. The third-order valence-electron chi connectivity index (χ3n) is 3.95. The Morgan fingerprint density at radius 1 is 1.17 bits per heavy atom. The van der Waals surface area contributed by atoms with Crippen molar-refractivity contribution in [2.45, 2.75) is 45.6 Å². The van der Waals surface area contributed by atoms with Crippen LogP contribution in [-0.4, -0.2) is 6.04 Å².